The Morgan fingerprint density at radius 3 is 0.704 bits per heavy atom. The summed E-state index contributed by atoms with van der Waals surface area (Å²) in [5.74, 6) is -4.13. The van der Waals surface area contributed by atoms with E-state index in [0.29, 0.717) is 22.3 Å². The van der Waals surface area contributed by atoms with Crippen LogP contribution in [0.4, 0.5) is 38.4 Å². The van der Waals surface area contributed by atoms with E-state index in [-0.39, 0.29) is 245 Å². The fraction of sp³-hybridized carbons (Fsp3) is 0.586. The number of urea groups is 8. The summed E-state index contributed by atoms with van der Waals surface area (Å²) in [5.41, 5.74) is -4.85. The van der Waals surface area contributed by atoms with E-state index in [4.69, 9.17) is 18.9 Å². The predicted molar refractivity (Wildman–Crippen MR) is 297 cm³/mol. The number of carbonyl (C=O) groups is 12. The Labute approximate surface area is 648 Å². The average Bonchev–Trinajstić information content (AvgIpc) is 1.50. The molecule has 11 saturated heterocycles. The summed E-state index contributed by atoms with van der Waals surface area (Å²) in [4.78, 5) is 192. The van der Waals surface area contributed by atoms with E-state index < -0.39 is 159 Å². The summed E-state index contributed by atoms with van der Waals surface area (Å²) >= 11 is 0. The van der Waals surface area contributed by atoms with Crippen molar-refractivity contribution < 1.29 is 215 Å². The van der Waals surface area contributed by atoms with Gasteiger partial charge in [-0.1, -0.05) is 0 Å². The van der Waals surface area contributed by atoms with Crippen molar-refractivity contribution in [2.75, 3.05) is 66.4 Å². The van der Waals surface area contributed by atoms with Crippen LogP contribution in [-0.4, -0.2) is 264 Å². The van der Waals surface area contributed by atoms with Crippen LogP contribution >= 0.6 is 0 Å². The molecule has 98 heavy (non-hydrogen) atoms. The molecule has 0 spiro atoms. The molecule has 11 fully saturated rings. The Bertz CT molecular complexity index is 3350. The van der Waals surface area contributed by atoms with Gasteiger partial charge in [-0.25, -0.2) is 38.4 Å². The summed E-state index contributed by atoms with van der Waals surface area (Å²) in [5, 5.41) is 45.3. The van der Waals surface area contributed by atoms with Gasteiger partial charge in [0.25, 0.3) is 0 Å². The number of benzene rings is 2. The molecule has 0 bridgehead atoms. The van der Waals surface area contributed by atoms with Crippen LogP contribution in [-0.2, 0) is 45.4 Å². The Balaban J connectivity index is 0.00000243. The summed E-state index contributed by atoms with van der Waals surface area (Å²) in [6.07, 6.45) is -5.89. The van der Waals surface area contributed by atoms with Crippen LogP contribution in [0.1, 0.15) is 101 Å². The number of amides is 16. The molecule has 0 saturated carbocycles. The first-order chi connectivity index (χ1) is 44.8. The van der Waals surface area contributed by atoms with Crippen molar-refractivity contribution in [3.05, 3.63) is 46.5 Å². The topological polar surface area (TPSA) is 386 Å². The minimum absolute atomic E-state index is 0. The van der Waals surface area contributed by atoms with Gasteiger partial charge < -0.3 is 58.6 Å². The summed E-state index contributed by atoms with van der Waals surface area (Å²) < 4.78 is 24.6. The predicted octanol–water partition coefficient (Wildman–Crippen LogP) is -15.1. The molecule has 500 valence electrons. The molecule has 0 aliphatic carbocycles. The van der Waals surface area contributed by atoms with E-state index in [1.54, 1.807) is 52.0 Å². The van der Waals surface area contributed by atoms with Crippen LogP contribution < -0.4 is 158 Å². The fourth-order valence-electron chi connectivity index (χ4n) is 16.8. The zero-order chi connectivity index (χ0) is 66.3. The summed E-state index contributed by atoms with van der Waals surface area (Å²) in [6.45, 7) is 2.55. The van der Waals surface area contributed by atoms with Crippen LogP contribution in [0.5, 0.6) is 23.0 Å². The maximum absolute atomic E-state index is 15.6. The summed E-state index contributed by atoms with van der Waals surface area (Å²) in [6, 6.07) is 0.949. The Kier molecular flexibility index (Phi) is 19.3. The van der Waals surface area contributed by atoms with Crippen molar-refractivity contribution in [3.63, 3.8) is 0 Å². The molecule has 13 aliphatic rings. The van der Waals surface area contributed by atoms with Crippen molar-refractivity contribution in [1.29, 1.82) is 0 Å². The summed E-state index contributed by atoms with van der Waals surface area (Å²) in [7, 11) is 0. The molecule has 0 aromatic heterocycles. The molecule has 2 aromatic rings. The SMILES string of the molecule is CC12N3Cc4c(OCCCC(=O)[O-])ccc(OCCCC(=O)[O-])c4CN1C(=O)N1CN4C(=O)N5CN6C(=O)N7CN8C(=O)N9Cc%10c(OCCCC(=O)[O-])ccc(OCCCC(=O)[O-])c%10CN%10C(=O)N(CN%11C(=O)N(CN%12C(=O)N(CN(C3=O)C12C)C4C%125)C6C%117)C8(C)C%109C.[Na+].[Na+].[Na+].[Na+]. The average molecular weight is 1400 g/mol. The third kappa shape index (κ3) is 9.99. The molecule has 15 rings (SSSR count). The van der Waals surface area contributed by atoms with Gasteiger partial charge in [-0.15, -0.1) is 0 Å². The van der Waals surface area contributed by atoms with E-state index in [0.717, 1.165) is 0 Å². The second-order valence-electron chi connectivity index (χ2n) is 26.0. The molecule has 13 heterocycles. The van der Waals surface area contributed by atoms with Crippen LogP contribution in [0, 0.1) is 0 Å². The molecule has 36 nitrogen and oxygen atoms in total. The zero-order valence-electron chi connectivity index (χ0n) is 55.5. The zero-order valence-corrected chi connectivity index (χ0v) is 63.5. The molecule has 16 amide bonds. The Morgan fingerprint density at radius 2 is 0.510 bits per heavy atom. The standard InChI is InChI=1S/C58H68N16O20.4Na/c1-55-57(3)71-27-63-45-43-59(47(63)83)25-61-44-46-65(49(61)85)29-73-53(89)69-23-33-34(38(94-20-8-12-42(81)82)16-15-37(33)93-19-7-11-41(79)80)24-70-54(90)74(58(73,4)56(69,70)2)30-66(46)50(86)62(44)26-60(43)48(84)64(45)28-72(57)52(88)68(55)22-32-31(21-67(55)51(71)87)35(91-17-5-9-39(75)76)13-14-36(32)92-18-6-10-40(77)78;;;;/h13-16,43-46H,5-12,17-30H2,1-4H3,(H,75,76)(H,77,78)(H,79,80)(H,81,82);;;;/q;4*+1/p-4. The molecule has 13 aliphatic heterocycles. The number of nitrogens with zero attached hydrogens (tertiary/aromatic N) is 16. The maximum atomic E-state index is 15.6. The quantitative estimate of drug-likeness (QED) is 0.0877. The number of fused-ring (bicyclic) bond motifs is 2. The molecular formula is C58H64N16Na4O20. The van der Waals surface area contributed by atoms with E-state index >= 15 is 38.4 Å². The van der Waals surface area contributed by atoms with E-state index in [9.17, 15) is 39.6 Å². The molecular weight excluding hydrogens is 1330 g/mol. The van der Waals surface area contributed by atoms with Gasteiger partial charge in [0.15, 0.2) is 47.3 Å². The maximum Gasteiger partial charge on any atom is 1.00 e. The molecule has 40 heteroatoms. The number of hydrogen-bond donors (Lipinski definition) is 0. The van der Waals surface area contributed by atoms with Crippen molar-refractivity contribution >= 4 is 72.1 Å². The van der Waals surface area contributed by atoms with Crippen LogP contribution in [0.2, 0.25) is 0 Å². The van der Waals surface area contributed by atoms with Gasteiger partial charge in [0.2, 0.25) is 0 Å². The second-order valence-corrected chi connectivity index (χ2v) is 26.0. The molecule has 0 atom stereocenters. The molecule has 0 N–H and O–H groups in total. The van der Waals surface area contributed by atoms with Gasteiger partial charge >= 0.3 is 166 Å². The third-order valence-electron chi connectivity index (χ3n) is 21.8. The van der Waals surface area contributed by atoms with E-state index in [1.165, 1.54) is 78.4 Å². The minimum atomic E-state index is -1.66. The van der Waals surface area contributed by atoms with Gasteiger partial charge in [0, 0.05) is 46.1 Å². The normalized spacial score (nSPS) is 28.3. The largest absolute Gasteiger partial charge is 1.00 e. The number of carboxylic acid groups (broad SMARTS) is 4. The van der Waals surface area contributed by atoms with Gasteiger partial charge in [-0.05, 0) is 103 Å². The van der Waals surface area contributed by atoms with E-state index in [1.807, 2.05) is 0 Å². The van der Waals surface area contributed by atoms with Crippen molar-refractivity contribution in [3.8, 4) is 23.0 Å². The van der Waals surface area contributed by atoms with Gasteiger partial charge in [-0.3, -0.25) is 78.4 Å². The van der Waals surface area contributed by atoms with Gasteiger partial charge in [0.05, 0.1) is 52.6 Å². The number of aliphatic carboxylic acids is 4. The van der Waals surface area contributed by atoms with Gasteiger partial charge in [-0.2, -0.15) is 0 Å². The van der Waals surface area contributed by atoms with Crippen molar-refractivity contribution in [1.82, 2.24) is 78.4 Å². The van der Waals surface area contributed by atoms with Crippen LogP contribution in [0.3, 0.4) is 0 Å². The van der Waals surface area contributed by atoms with E-state index in [2.05, 4.69) is 0 Å². The number of rotatable bonds is 20. The number of carboxylic acids is 4. The molecule has 0 radical (unpaired) electrons. The minimum Gasteiger partial charge on any atom is -0.550 e. The van der Waals surface area contributed by atoms with Gasteiger partial charge in [0.1, 0.15) is 63.0 Å². The Hall–Kier alpha value is -6.32. The smallest absolute Gasteiger partial charge is 0.550 e. The molecule has 2 aromatic carbocycles. The fourth-order valence-corrected chi connectivity index (χ4v) is 16.8. The number of carbonyl (C=O) groups excluding carboxylic acids is 12. The van der Waals surface area contributed by atoms with Crippen molar-refractivity contribution in [2.24, 2.45) is 0 Å². The first kappa shape index (κ1) is 72.9. The van der Waals surface area contributed by atoms with Crippen LogP contribution in [0.15, 0.2) is 24.3 Å². The first-order valence-corrected chi connectivity index (χ1v) is 31.0. The Morgan fingerprint density at radius 1 is 0.327 bits per heavy atom. The second kappa shape index (κ2) is 25.9. The number of ether oxygens (including phenoxy) is 4. The first-order valence-electron chi connectivity index (χ1n) is 31.0. The third-order valence-corrected chi connectivity index (χ3v) is 21.8. The monoisotopic (exact) mass is 1400 g/mol. The number of hydrogen-bond acceptors (Lipinski definition) is 20. The molecule has 0 unspecified atom stereocenters. The van der Waals surface area contributed by atoms with Crippen LogP contribution in [0.25, 0.3) is 0 Å². The van der Waals surface area contributed by atoms with Crippen molar-refractivity contribution in [2.45, 2.75) is 153 Å².